The molecular weight excluding hydrogens is 208 g/mol. The van der Waals surface area contributed by atoms with Crippen LogP contribution < -0.4 is 5.32 Å². The second-order valence-electron chi connectivity index (χ2n) is 5.07. The van der Waals surface area contributed by atoms with Crippen LogP contribution in [0.15, 0.2) is 30.3 Å². The SMILES string of the molecule is CC(CNCC(C#N)c1ccccc1)C1CC1. The molecule has 2 atom stereocenters. The molecule has 17 heavy (non-hydrogen) atoms. The Bertz CT molecular complexity index is 376. The van der Waals surface area contributed by atoms with Gasteiger partial charge in [0.2, 0.25) is 0 Å². The lowest BCUT2D eigenvalue weighted by Crippen LogP contribution is -2.26. The van der Waals surface area contributed by atoms with Gasteiger partial charge in [-0.05, 0) is 36.8 Å². The third-order valence-electron chi connectivity index (χ3n) is 3.60. The molecule has 2 heteroatoms. The molecule has 90 valence electrons. The molecule has 1 saturated carbocycles. The number of nitrogens with zero attached hydrogens (tertiary/aromatic N) is 1. The van der Waals surface area contributed by atoms with Gasteiger partial charge in [0.15, 0.2) is 0 Å². The van der Waals surface area contributed by atoms with E-state index in [1.165, 1.54) is 12.8 Å². The Morgan fingerprint density at radius 1 is 1.29 bits per heavy atom. The molecule has 1 fully saturated rings. The molecule has 2 rings (SSSR count). The summed E-state index contributed by atoms with van der Waals surface area (Å²) in [5.74, 6) is 1.66. The monoisotopic (exact) mass is 228 g/mol. The lowest BCUT2D eigenvalue weighted by atomic mass is 10.00. The quantitative estimate of drug-likeness (QED) is 0.812. The molecule has 2 unspecified atom stereocenters. The molecule has 0 heterocycles. The lowest BCUT2D eigenvalue weighted by Gasteiger charge is -2.14. The first-order valence-corrected chi connectivity index (χ1v) is 6.46. The van der Waals surface area contributed by atoms with Crippen molar-refractivity contribution in [3.8, 4) is 6.07 Å². The Balaban J connectivity index is 1.78. The fraction of sp³-hybridized carbons (Fsp3) is 0.533. The van der Waals surface area contributed by atoms with Gasteiger partial charge in [0.05, 0.1) is 12.0 Å². The Kier molecular flexibility index (Phi) is 4.17. The summed E-state index contributed by atoms with van der Waals surface area (Å²) < 4.78 is 0. The molecule has 2 nitrogen and oxygen atoms in total. The maximum absolute atomic E-state index is 9.18. The summed E-state index contributed by atoms with van der Waals surface area (Å²) >= 11 is 0. The van der Waals surface area contributed by atoms with E-state index in [9.17, 15) is 5.26 Å². The van der Waals surface area contributed by atoms with Crippen LogP contribution in [0.4, 0.5) is 0 Å². The molecule has 0 aromatic heterocycles. The fourth-order valence-corrected chi connectivity index (χ4v) is 2.21. The van der Waals surface area contributed by atoms with Crippen molar-refractivity contribution in [2.45, 2.75) is 25.7 Å². The van der Waals surface area contributed by atoms with E-state index in [-0.39, 0.29) is 5.92 Å². The number of nitriles is 1. The minimum absolute atomic E-state index is 0.0254. The Morgan fingerprint density at radius 2 is 2.00 bits per heavy atom. The van der Waals surface area contributed by atoms with Gasteiger partial charge < -0.3 is 5.32 Å². The Labute approximate surface area is 104 Å². The van der Waals surface area contributed by atoms with Crippen LogP contribution in [0.2, 0.25) is 0 Å². The number of hydrogen-bond acceptors (Lipinski definition) is 2. The summed E-state index contributed by atoms with van der Waals surface area (Å²) in [6.45, 7) is 4.10. The number of nitrogens with one attached hydrogen (secondary N) is 1. The van der Waals surface area contributed by atoms with Crippen LogP contribution in [-0.4, -0.2) is 13.1 Å². The van der Waals surface area contributed by atoms with Crippen LogP contribution in [0, 0.1) is 23.2 Å². The highest BCUT2D eigenvalue weighted by Gasteiger charge is 2.27. The maximum atomic E-state index is 9.18. The van der Waals surface area contributed by atoms with Crippen LogP contribution >= 0.6 is 0 Å². The summed E-state index contributed by atoms with van der Waals surface area (Å²) in [6.07, 6.45) is 2.78. The average Bonchev–Trinajstić information content (AvgIpc) is 3.20. The zero-order chi connectivity index (χ0) is 12.1. The summed E-state index contributed by atoms with van der Waals surface area (Å²) in [5, 5.41) is 12.6. The normalized spacial score (nSPS) is 18.4. The standard InChI is InChI=1S/C15H20N2/c1-12(13-7-8-13)10-17-11-15(9-16)14-5-3-2-4-6-14/h2-6,12-13,15,17H,7-8,10-11H2,1H3. The van der Waals surface area contributed by atoms with Gasteiger partial charge in [-0.15, -0.1) is 0 Å². The van der Waals surface area contributed by atoms with Crippen molar-refractivity contribution in [2.75, 3.05) is 13.1 Å². The predicted molar refractivity (Wildman–Crippen MR) is 69.6 cm³/mol. The van der Waals surface area contributed by atoms with Crippen molar-refractivity contribution in [1.29, 1.82) is 5.26 Å². The van der Waals surface area contributed by atoms with Gasteiger partial charge in [0, 0.05) is 6.54 Å². The van der Waals surface area contributed by atoms with Gasteiger partial charge in [0.1, 0.15) is 0 Å². The average molecular weight is 228 g/mol. The molecule has 0 saturated heterocycles. The van der Waals surface area contributed by atoms with E-state index < -0.39 is 0 Å². The van der Waals surface area contributed by atoms with Gasteiger partial charge in [0.25, 0.3) is 0 Å². The van der Waals surface area contributed by atoms with E-state index in [2.05, 4.69) is 18.3 Å². The van der Waals surface area contributed by atoms with E-state index in [0.717, 1.165) is 30.5 Å². The minimum Gasteiger partial charge on any atom is -0.315 e. The molecule has 0 bridgehead atoms. The minimum atomic E-state index is -0.0254. The van der Waals surface area contributed by atoms with Crippen LogP contribution in [0.1, 0.15) is 31.2 Å². The van der Waals surface area contributed by atoms with Gasteiger partial charge >= 0.3 is 0 Å². The van der Waals surface area contributed by atoms with Crippen LogP contribution in [0.25, 0.3) is 0 Å². The molecule has 1 N–H and O–H groups in total. The number of hydrogen-bond donors (Lipinski definition) is 1. The van der Waals surface area contributed by atoms with Gasteiger partial charge in [-0.1, -0.05) is 37.3 Å². The van der Waals surface area contributed by atoms with E-state index in [0.29, 0.717) is 0 Å². The largest absolute Gasteiger partial charge is 0.315 e. The van der Waals surface area contributed by atoms with E-state index >= 15 is 0 Å². The van der Waals surface area contributed by atoms with Gasteiger partial charge in [-0.3, -0.25) is 0 Å². The predicted octanol–water partition coefficient (Wildman–Crippen LogP) is 2.93. The summed E-state index contributed by atoms with van der Waals surface area (Å²) in [6, 6.07) is 12.4. The molecule has 0 aliphatic heterocycles. The lowest BCUT2D eigenvalue weighted by molar-refractivity contribution is 0.459. The van der Waals surface area contributed by atoms with Gasteiger partial charge in [-0.25, -0.2) is 0 Å². The highest BCUT2D eigenvalue weighted by Crippen LogP contribution is 2.36. The maximum Gasteiger partial charge on any atom is 0.0837 e. The molecule has 1 aliphatic rings. The summed E-state index contributed by atoms with van der Waals surface area (Å²) in [4.78, 5) is 0. The van der Waals surface area contributed by atoms with Crippen LogP contribution in [0.3, 0.4) is 0 Å². The highest BCUT2D eigenvalue weighted by atomic mass is 14.9. The zero-order valence-electron chi connectivity index (χ0n) is 10.4. The Hall–Kier alpha value is -1.33. The van der Waals surface area contributed by atoms with E-state index in [1.807, 2.05) is 30.3 Å². The van der Waals surface area contributed by atoms with Crippen LogP contribution in [-0.2, 0) is 0 Å². The zero-order valence-corrected chi connectivity index (χ0v) is 10.4. The number of rotatable bonds is 6. The van der Waals surface area contributed by atoms with E-state index in [4.69, 9.17) is 0 Å². The molecule has 1 aromatic carbocycles. The Morgan fingerprint density at radius 3 is 2.59 bits per heavy atom. The van der Waals surface area contributed by atoms with Crippen molar-refractivity contribution in [1.82, 2.24) is 5.32 Å². The molecular formula is C15H20N2. The smallest absolute Gasteiger partial charge is 0.0837 e. The highest BCUT2D eigenvalue weighted by molar-refractivity contribution is 5.24. The van der Waals surface area contributed by atoms with Gasteiger partial charge in [-0.2, -0.15) is 5.26 Å². The van der Waals surface area contributed by atoms with E-state index in [1.54, 1.807) is 0 Å². The van der Waals surface area contributed by atoms with Crippen molar-refractivity contribution in [3.05, 3.63) is 35.9 Å². The molecule has 0 radical (unpaired) electrons. The van der Waals surface area contributed by atoms with Crippen molar-refractivity contribution in [2.24, 2.45) is 11.8 Å². The summed E-state index contributed by atoms with van der Waals surface area (Å²) in [7, 11) is 0. The van der Waals surface area contributed by atoms with Crippen LogP contribution in [0.5, 0.6) is 0 Å². The number of benzene rings is 1. The first-order valence-electron chi connectivity index (χ1n) is 6.46. The second kappa shape index (κ2) is 5.84. The van der Waals surface area contributed by atoms with Crippen molar-refractivity contribution >= 4 is 0 Å². The topological polar surface area (TPSA) is 35.8 Å². The first kappa shape index (κ1) is 12.1. The summed E-state index contributed by atoms with van der Waals surface area (Å²) in [5.41, 5.74) is 1.11. The molecule has 0 spiro atoms. The third kappa shape index (κ3) is 3.57. The fourth-order valence-electron chi connectivity index (χ4n) is 2.21. The second-order valence-corrected chi connectivity index (χ2v) is 5.07. The molecule has 1 aliphatic carbocycles. The first-order chi connectivity index (χ1) is 8.31. The van der Waals surface area contributed by atoms with Crippen molar-refractivity contribution in [3.63, 3.8) is 0 Å². The van der Waals surface area contributed by atoms with Crippen molar-refractivity contribution < 1.29 is 0 Å². The third-order valence-corrected chi connectivity index (χ3v) is 3.60. The molecule has 1 aromatic rings. The molecule has 0 amide bonds.